The topological polar surface area (TPSA) is 93.1 Å². The van der Waals surface area contributed by atoms with Gasteiger partial charge in [0.15, 0.2) is 5.16 Å². The van der Waals surface area contributed by atoms with Crippen molar-refractivity contribution in [2.24, 2.45) is 0 Å². The van der Waals surface area contributed by atoms with Crippen molar-refractivity contribution < 1.29 is 13.2 Å². The Hall–Kier alpha value is -2.78. The highest BCUT2D eigenvalue weighted by Crippen LogP contribution is 2.24. The van der Waals surface area contributed by atoms with Crippen LogP contribution in [0.3, 0.4) is 0 Å². The van der Waals surface area contributed by atoms with Crippen molar-refractivity contribution in [2.75, 3.05) is 16.7 Å². The molecule has 2 aromatic carbocycles. The Morgan fingerprint density at radius 2 is 1.94 bits per heavy atom. The molecule has 0 bridgehead atoms. The molecule has 9 heteroatoms. The number of aryl methyl sites for hydroxylation is 1. The van der Waals surface area contributed by atoms with Crippen LogP contribution in [-0.4, -0.2) is 35.9 Å². The zero-order valence-electron chi connectivity index (χ0n) is 17.9. The molecule has 1 atom stereocenters. The maximum absolute atomic E-state index is 12.5. The summed E-state index contributed by atoms with van der Waals surface area (Å²) in [5.41, 5.74) is 4.68. The summed E-state index contributed by atoms with van der Waals surface area (Å²) in [7, 11) is -3.36. The van der Waals surface area contributed by atoms with Gasteiger partial charge in [0.1, 0.15) is 0 Å². The highest BCUT2D eigenvalue weighted by molar-refractivity contribution is 7.99. The van der Waals surface area contributed by atoms with E-state index in [9.17, 15) is 13.2 Å². The number of carbonyl (C=O) groups is 1. The highest BCUT2D eigenvalue weighted by Gasteiger charge is 2.14. The van der Waals surface area contributed by atoms with Gasteiger partial charge < -0.3 is 5.32 Å². The molecule has 1 heterocycles. The van der Waals surface area contributed by atoms with E-state index in [-0.39, 0.29) is 17.7 Å². The quantitative estimate of drug-likeness (QED) is 0.501. The zero-order valence-corrected chi connectivity index (χ0v) is 19.5. The van der Waals surface area contributed by atoms with Crippen molar-refractivity contribution in [1.82, 2.24) is 14.9 Å². The number of anilines is 1. The maximum Gasteiger partial charge on any atom is 0.230 e. The van der Waals surface area contributed by atoms with Gasteiger partial charge >= 0.3 is 0 Å². The summed E-state index contributed by atoms with van der Waals surface area (Å²) in [6.45, 7) is 6.00. The number of imidazole rings is 1. The molecule has 3 rings (SSSR count). The van der Waals surface area contributed by atoms with Gasteiger partial charge in [-0.3, -0.25) is 14.1 Å². The van der Waals surface area contributed by atoms with Gasteiger partial charge in [-0.1, -0.05) is 36.0 Å². The van der Waals surface area contributed by atoms with Crippen LogP contribution in [0.5, 0.6) is 0 Å². The summed E-state index contributed by atoms with van der Waals surface area (Å²) >= 11 is 1.37. The van der Waals surface area contributed by atoms with Crippen LogP contribution in [0.1, 0.15) is 29.7 Å². The lowest BCUT2D eigenvalue weighted by molar-refractivity contribution is -0.119. The number of nitrogens with zero attached hydrogens (tertiary/aromatic N) is 2. The van der Waals surface area contributed by atoms with E-state index >= 15 is 0 Å². The molecule has 1 unspecified atom stereocenters. The number of hydrogen-bond donors (Lipinski definition) is 2. The smallest absolute Gasteiger partial charge is 0.230 e. The SMILES string of the molecule is Cc1cccc(-n2ccnc2SCC(=O)NC(C)c2cccc(NS(C)(=O)=O)c2)c1C. The summed E-state index contributed by atoms with van der Waals surface area (Å²) in [6.07, 6.45) is 4.72. The van der Waals surface area contributed by atoms with E-state index in [1.807, 2.05) is 35.9 Å². The molecule has 0 aliphatic rings. The molecule has 31 heavy (non-hydrogen) atoms. The minimum Gasteiger partial charge on any atom is -0.349 e. The molecular weight excluding hydrogens is 432 g/mol. The van der Waals surface area contributed by atoms with Crippen LogP contribution >= 0.6 is 11.8 Å². The summed E-state index contributed by atoms with van der Waals surface area (Å²) in [5.74, 6) is 0.0857. The number of sulfonamides is 1. The fraction of sp³-hybridized carbons (Fsp3) is 0.273. The van der Waals surface area contributed by atoms with Crippen LogP contribution in [0.25, 0.3) is 5.69 Å². The number of amides is 1. The first kappa shape index (κ1) is 22.9. The Kier molecular flexibility index (Phi) is 7.07. The maximum atomic E-state index is 12.5. The number of rotatable bonds is 8. The predicted octanol–water partition coefficient (Wildman–Crippen LogP) is 3.83. The van der Waals surface area contributed by atoms with Crippen LogP contribution < -0.4 is 10.0 Å². The van der Waals surface area contributed by atoms with Gasteiger partial charge in [0.2, 0.25) is 15.9 Å². The number of aromatic nitrogens is 2. The van der Waals surface area contributed by atoms with Crippen molar-refractivity contribution >= 4 is 33.4 Å². The van der Waals surface area contributed by atoms with E-state index in [0.29, 0.717) is 5.69 Å². The largest absolute Gasteiger partial charge is 0.349 e. The first-order valence-corrected chi connectivity index (χ1v) is 12.6. The molecule has 7 nitrogen and oxygen atoms in total. The molecule has 0 aliphatic heterocycles. The van der Waals surface area contributed by atoms with Gasteiger partial charge in [0, 0.05) is 18.1 Å². The molecule has 0 fully saturated rings. The average Bonchev–Trinajstić information content (AvgIpc) is 3.16. The van der Waals surface area contributed by atoms with E-state index in [1.165, 1.54) is 22.9 Å². The standard InChI is InChI=1S/C22H26N4O3S2/c1-15-7-5-10-20(16(15)2)26-12-11-23-22(26)30-14-21(27)24-17(3)18-8-6-9-19(13-18)25-31(4,28)29/h5-13,17,25H,14H2,1-4H3,(H,24,27). The normalized spacial score (nSPS) is 12.4. The van der Waals surface area contributed by atoms with Crippen LogP contribution in [0.15, 0.2) is 60.0 Å². The molecule has 0 saturated heterocycles. The van der Waals surface area contributed by atoms with Crippen LogP contribution in [0.2, 0.25) is 0 Å². The average molecular weight is 459 g/mol. The van der Waals surface area contributed by atoms with Gasteiger partial charge in [-0.25, -0.2) is 13.4 Å². The second-order valence-corrected chi connectivity index (χ2v) is 10.1. The van der Waals surface area contributed by atoms with Crippen molar-refractivity contribution in [1.29, 1.82) is 0 Å². The summed E-state index contributed by atoms with van der Waals surface area (Å²) in [5, 5.41) is 3.70. The Morgan fingerprint density at radius 1 is 1.19 bits per heavy atom. The molecule has 164 valence electrons. The van der Waals surface area contributed by atoms with Crippen molar-refractivity contribution in [3.8, 4) is 5.69 Å². The summed E-state index contributed by atoms with van der Waals surface area (Å²) < 4.78 is 27.3. The van der Waals surface area contributed by atoms with Crippen molar-refractivity contribution in [3.63, 3.8) is 0 Å². The first-order valence-electron chi connectivity index (χ1n) is 9.74. The fourth-order valence-electron chi connectivity index (χ4n) is 3.16. The lowest BCUT2D eigenvalue weighted by Crippen LogP contribution is -2.28. The fourth-order valence-corrected chi connectivity index (χ4v) is 4.49. The van der Waals surface area contributed by atoms with E-state index < -0.39 is 10.0 Å². The molecule has 3 aromatic rings. The third kappa shape index (κ3) is 6.11. The van der Waals surface area contributed by atoms with E-state index in [1.54, 1.807) is 24.4 Å². The van der Waals surface area contributed by atoms with Crippen molar-refractivity contribution in [3.05, 3.63) is 71.5 Å². The second-order valence-electron chi connectivity index (χ2n) is 7.38. The summed E-state index contributed by atoms with van der Waals surface area (Å²) in [6, 6.07) is 12.8. The minimum atomic E-state index is -3.36. The van der Waals surface area contributed by atoms with Gasteiger partial charge in [0.25, 0.3) is 0 Å². The Morgan fingerprint density at radius 3 is 2.68 bits per heavy atom. The van der Waals surface area contributed by atoms with Gasteiger partial charge in [-0.15, -0.1) is 0 Å². The first-order chi connectivity index (χ1) is 14.6. The van der Waals surface area contributed by atoms with E-state index in [0.717, 1.165) is 22.7 Å². The molecule has 0 saturated carbocycles. The van der Waals surface area contributed by atoms with Gasteiger partial charge in [0.05, 0.1) is 23.7 Å². The molecule has 0 radical (unpaired) electrons. The number of thioether (sulfide) groups is 1. The Bertz CT molecular complexity index is 1190. The predicted molar refractivity (Wildman–Crippen MR) is 125 cm³/mol. The summed E-state index contributed by atoms with van der Waals surface area (Å²) in [4.78, 5) is 16.9. The molecule has 0 aliphatic carbocycles. The molecule has 1 amide bonds. The molecular formula is C22H26N4O3S2. The second kappa shape index (κ2) is 9.57. The van der Waals surface area contributed by atoms with Crippen molar-refractivity contribution in [2.45, 2.75) is 32.0 Å². The van der Waals surface area contributed by atoms with Gasteiger partial charge in [-0.05, 0) is 55.7 Å². The van der Waals surface area contributed by atoms with E-state index in [2.05, 4.69) is 34.9 Å². The lowest BCUT2D eigenvalue weighted by Gasteiger charge is -2.16. The molecule has 0 spiro atoms. The zero-order chi connectivity index (χ0) is 22.6. The Labute approximate surface area is 187 Å². The highest BCUT2D eigenvalue weighted by atomic mass is 32.2. The van der Waals surface area contributed by atoms with Gasteiger partial charge in [-0.2, -0.15) is 0 Å². The molecule has 1 aromatic heterocycles. The number of carbonyl (C=O) groups excluding carboxylic acids is 1. The third-order valence-corrected chi connectivity index (χ3v) is 6.42. The Balaban J connectivity index is 1.63. The van der Waals surface area contributed by atoms with Crippen LogP contribution in [0, 0.1) is 13.8 Å². The number of benzene rings is 2. The van der Waals surface area contributed by atoms with E-state index in [4.69, 9.17) is 0 Å². The minimum absolute atomic E-state index is 0.130. The van der Waals surface area contributed by atoms with Crippen LogP contribution in [0.4, 0.5) is 5.69 Å². The number of hydrogen-bond acceptors (Lipinski definition) is 5. The van der Waals surface area contributed by atoms with Crippen LogP contribution in [-0.2, 0) is 14.8 Å². The monoisotopic (exact) mass is 458 g/mol. The lowest BCUT2D eigenvalue weighted by atomic mass is 10.1. The molecule has 2 N–H and O–H groups in total. The number of nitrogens with one attached hydrogen (secondary N) is 2. The third-order valence-electron chi connectivity index (χ3n) is 4.84.